The van der Waals surface area contributed by atoms with Crippen molar-refractivity contribution in [3.8, 4) is 11.3 Å². The number of aryl methyl sites for hydroxylation is 2. The summed E-state index contributed by atoms with van der Waals surface area (Å²) in [5.41, 5.74) is 6.77. The molecule has 0 spiro atoms. The second-order valence-corrected chi connectivity index (χ2v) is 7.51. The van der Waals surface area contributed by atoms with Crippen LogP contribution in [0.4, 0.5) is 0 Å². The minimum Gasteiger partial charge on any atom is -0.338 e. The maximum atomic E-state index is 13.2. The van der Waals surface area contributed by atoms with Gasteiger partial charge in [-0.3, -0.25) is 9.48 Å². The zero-order chi connectivity index (χ0) is 20.0. The Balaban J connectivity index is 1.44. The topological polar surface area (TPSA) is 68.3 Å². The highest BCUT2D eigenvalue weighted by atomic mass is 16.2. The molecule has 0 fully saturated rings. The molecule has 0 saturated carbocycles. The summed E-state index contributed by atoms with van der Waals surface area (Å²) in [5, 5.41) is 9.06. The number of rotatable bonds is 2. The van der Waals surface area contributed by atoms with Crippen molar-refractivity contribution in [1.82, 2.24) is 29.3 Å². The molecule has 5 rings (SSSR count). The van der Waals surface area contributed by atoms with E-state index in [1.54, 1.807) is 16.9 Å². The lowest BCUT2D eigenvalue weighted by Crippen LogP contribution is -2.33. The third-order valence-electron chi connectivity index (χ3n) is 5.53. The number of nitrogens with zero attached hydrogens (tertiary/aromatic N) is 6. The molecule has 7 heteroatoms. The smallest absolute Gasteiger partial charge is 0.259 e. The van der Waals surface area contributed by atoms with Crippen molar-refractivity contribution in [2.24, 2.45) is 7.05 Å². The maximum Gasteiger partial charge on any atom is 0.259 e. The molecule has 0 bridgehead atoms. The van der Waals surface area contributed by atoms with Crippen LogP contribution in [0, 0.1) is 6.92 Å². The van der Waals surface area contributed by atoms with Crippen molar-refractivity contribution in [3.05, 3.63) is 71.3 Å². The molecule has 3 aromatic heterocycles. The van der Waals surface area contributed by atoms with Crippen LogP contribution >= 0.6 is 0 Å². The van der Waals surface area contributed by atoms with Crippen LogP contribution in [0.3, 0.4) is 0 Å². The number of benzene rings is 1. The van der Waals surface area contributed by atoms with Crippen molar-refractivity contribution in [2.75, 3.05) is 13.1 Å². The first-order chi connectivity index (χ1) is 14.1. The third-order valence-corrected chi connectivity index (χ3v) is 5.53. The molecule has 0 unspecified atom stereocenters. The average molecular weight is 386 g/mol. The molecule has 0 aliphatic carbocycles. The van der Waals surface area contributed by atoms with E-state index < -0.39 is 0 Å². The molecule has 1 aliphatic rings. The van der Waals surface area contributed by atoms with Gasteiger partial charge in [0.05, 0.1) is 17.6 Å². The lowest BCUT2D eigenvalue weighted by molar-refractivity contribution is 0.0764. The summed E-state index contributed by atoms with van der Waals surface area (Å²) in [6.07, 6.45) is 6.80. The lowest BCUT2D eigenvalue weighted by atomic mass is 10.0. The van der Waals surface area contributed by atoms with Crippen molar-refractivity contribution < 1.29 is 4.79 Å². The monoisotopic (exact) mass is 386 g/mol. The molecule has 146 valence electrons. The van der Waals surface area contributed by atoms with E-state index >= 15 is 0 Å². The molecule has 1 aromatic carbocycles. The van der Waals surface area contributed by atoms with Crippen molar-refractivity contribution in [3.63, 3.8) is 0 Å². The molecule has 4 heterocycles. The van der Waals surface area contributed by atoms with Crippen LogP contribution in [0.1, 0.15) is 27.2 Å². The molecule has 0 N–H and O–H groups in total. The minimum absolute atomic E-state index is 0.0212. The molecule has 1 amide bonds. The molecule has 7 nitrogen and oxygen atoms in total. The first kappa shape index (κ1) is 17.6. The average Bonchev–Trinajstić information content (AvgIpc) is 3.21. The van der Waals surface area contributed by atoms with Gasteiger partial charge < -0.3 is 4.90 Å². The highest BCUT2D eigenvalue weighted by molar-refractivity contribution is 5.99. The molecule has 4 aromatic rings. The summed E-state index contributed by atoms with van der Waals surface area (Å²) in [6.45, 7) is 3.25. The number of amides is 1. The van der Waals surface area contributed by atoms with Crippen molar-refractivity contribution in [2.45, 2.75) is 19.8 Å². The molecule has 0 atom stereocenters. The maximum absolute atomic E-state index is 13.2. The number of fused-ring (bicyclic) bond motifs is 2. The van der Waals surface area contributed by atoms with Crippen LogP contribution in [0.25, 0.3) is 16.9 Å². The predicted molar refractivity (Wildman–Crippen MR) is 110 cm³/mol. The summed E-state index contributed by atoms with van der Waals surface area (Å²) in [5.74, 6) is -0.0212. The first-order valence-electron chi connectivity index (χ1n) is 9.81. The van der Waals surface area contributed by atoms with Gasteiger partial charge in [0.25, 0.3) is 5.91 Å². The SMILES string of the molecule is Cc1cnc2c(C(=O)N3CCc4nn(C)c(-c5ccccc5)c4CC3)cnn2c1. The fourth-order valence-corrected chi connectivity index (χ4v) is 4.14. The van der Waals surface area contributed by atoms with Gasteiger partial charge in [0.15, 0.2) is 5.65 Å². The number of hydrogen-bond acceptors (Lipinski definition) is 4. The van der Waals surface area contributed by atoms with Gasteiger partial charge in [-0.15, -0.1) is 0 Å². The third kappa shape index (κ3) is 2.99. The van der Waals surface area contributed by atoms with Crippen molar-refractivity contribution >= 4 is 11.6 Å². The predicted octanol–water partition coefficient (Wildman–Crippen LogP) is 2.68. The van der Waals surface area contributed by atoms with Gasteiger partial charge in [-0.2, -0.15) is 10.2 Å². The highest BCUT2D eigenvalue weighted by Gasteiger charge is 2.26. The van der Waals surface area contributed by atoms with Crippen LogP contribution in [0.5, 0.6) is 0 Å². The fraction of sp³-hybridized carbons (Fsp3) is 0.273. The standard InChI is InChI=1S/C22H22N6O/c1-15-12-23-21-18(13-24-28(21)14-15)22(29)27-10-8-17-19(9-11-27)25-26(2)20(17)16-6-4-3-5-7-16/h3-7,12-14H,8-11H2,1-2H3. The summed E-state index contributed by atoms with van der Waals surface area (Å²) in [4.78, 5) is 19.5. The van der Waals surface area contributed by atoms with Crippen LogP contribution in [-0.4, -0.2) is 48.3 Å². The van der Waals surface area contributed by atoms with E-state index in [1.807, 2.05) is 47.9 Å². The van der Waals surface area contributed by atoms with E-state index in [9.17, 15) is 4.79 Å². The van der Waals surface area contributed by atoms with Gasteiger partial charge in [-0.05, 0) is 18.9 Å². The molecular formula is C22H22N6O. The van der Waals surface area contributed by atoms with E-state index in [2.05, 4.69) is 22.2 Å². The Morgan fingerprint density at radius 2 is 1.86 bits per heavy atom. The van der Waals surface area contributed by atoms with Crippen molar-refractivity contribution in [1.29, 1.82) is 0 Å². The second-order valence-electron chi connectivity index (χ2n) is 7.51. The van der Waals surface area contributed by atoms with Crippen LogP contribution < -0.4 is 0 Å². The molecule has 0 saturated heterocycles. The van der Waals surface area contributed by atoms with Crippen LogP contribution in [-0.2, 0) is 19.9 Å². The normalized spacial score (nSPS) is 14.1. The van der Waals surface area contributed by atoms with Gasteiger partial charge in [-0.1, -0.05) is 30.3 Å². The molecule has 1 aliphatic heterocycles. The van der Waals surface area contributed by atoms with Crippen LogP contribution in [0.15, 0.2) is 48.9 Å². The van der Waals surface area contributed by atoms with E-state index in [-0.39, 0.29) is 5.91 Å². The second kappa shape index (κ2) is 6.84. The van der Waals surface area contributed by atoms with E-state index in [4.69, 9.17) is 5.10 Å². The zero-order valence-corrected chi connectivity index (χ0v) is 16.5. The highest BCUT2D eigenvalue weighted by Crippen LogP contribution is 2.29. The molecular weight excluding hydrogens is 364 g/mol. The quantitative estimate of drug-likeness (QED) is 0.531. The number of carbonyl (C=O) groups is 1. The van der Waals surface area contributed by atoms with E-state index in [0.717, 1.165) is 35.4 Å². The largest absolute Gasteiger partial charge is 0.338 e. The Morgan fingerprint density at radius 3 is 2.69 bits per heavy atom. The van der Waals surface area contributed by atoms with Crippen LogP contribution in [0.2, 0.25) is 0 Å². The van der Waals surface area contributed by atoms with Gasteiger partial charge in [-0.25, -0.2) is 9.50 Å². The summed E-state index contributed by atoms with van der Waals surface area (Å²) in [7, 11) is 1.99. The summed E-state index contributed by atoms with van der Waals surface area (Å²) >= 11 is 0. The van der Waals surface area contributed by atoms with Gasteiger partial charge in [0, 0.05) is 50.1 Å². The Labute approximate surface area is 168 Å². The number of carbonyl (C=O) groups excluding carboxylic acids is 1. The Kier molecular flexibility index (Phi) is 4.16. The summed E-state index contributed by atoms with van der Waals surface area (Å²) in [6, 6.07) is 10.3. The van der Waals surface area contributed by atoms with Gasteiger partial charge >= 0.3 is 0 Å². The lowest BCUT2D eigenvalue weighted by Gasteiger charge is -2.19. The minimum atomic E-state index is -0.0212. The molecule has 0 radical (unpaired) electrons. The zero-order valence-electron chi connectivity index (χ0n) is 16.5. The first-order valence-corrected chi connectivity index (χ1v) is 9.81. The number of aromatic nitrogens is 5. The van der Waals surface area contributed by atoms with E-state index in [0.29, 0.717) is 24.3 Å². The fourth-order valence-electron chi connectivity index (χ4n) is 4.14. The summed E-state index contributed by atoms with van der Waals surface area (Å²) < 4.78 is 3.64. The Bertz CT molecular complexity index is 1210. The van der Waals surface area contributed by atoms with Gasteiger partial charge in [0.1, 0.15) is 5.56 Å². The number of hydrogen-bond donors (Lipinski definition) is 0. The van der Waals surface area contributed by atoms with E-state index in [1.165, 1.54) is 5.56 Å². The van der Waals surface area contributed by atoms with Gasteiger partial charge in [0.2, 0.25) is 0 Å². The Hall–Kier alpha value is -3.48. The Morgan fingerprint density at radius 1 is 1.07 bits per heavy atom. The molecule has 29 heavy (non-hydrogen) atoms.